The molecule has 0 N–H and O–H groups in total. The maximum atomic E-state index is 12.6. The molecule has 1 fully saturated rings. The van der Waals surface area contributed by atoms with E-state index >= 15 is 0 Å². The Kier molecular flexibility index (Phi) is 5.78. The average Bonchev–Trinajstić information content (AvgIpc) is 3.26. The molecule has 4 rings (SSSR count). The lowest BCUT2D eigenvalue weighted by atomic mass is 10.1. The number of aromatic nitrogens is 1. The van der Waals surface area contributed by atoms with Crippen LogP contribution in [0.4, 0.5) is 10.5 Å². The molecule has 9 nitrogen and oxygen atoms in total. The first-order valence-corrected chi connectivity index (χ1v) is 10.3. The van der Waals surface area contributed by atoms with Crippen LogP contribution >= 0.6 is 11.8 Å². The lowest BCUT2D eigenvalue weighted by Gasteiger charge is -2.09. The van der Waals surface area contributed by atoms with Gasteiger partial charge >= 0.3 is 5.97 Å². The molecule has 10 heteroatoms. The zero-order valence-electron chi connectivity index (χ0n) is 16.9. The van der Waals surface area contributed by atoms with Crippen LogP contribution in [-0.4, -0.2) is 45.2 Å². The maximum Gasteiger partial charge on any atom is 0.325 e. The van der Waals surface area contributed by atoms with Crippen LogP contribution in [-0.2, 0) is 20.9 Å². The van der Waals surface area contributed by atoms with Gasteiger partial charge in [-0.3, -0.25) is 29.4 Å². The zero-order valence-corrected chi connectivity index (χ0v) is 17.7. The summed E-state index contributed by atoms with van der Waals surface area (Å²) in [4.78, 5) is 47.8. The number of carbonyl (C=O) groups is 3. The minimum atomic E-state index is -0.673. The fraction of sp³-hybridized carbons (Fsp3) is 0.136. The van der Waals surface area contributed by atoms with Gasteiger partial charge in [0, 0.05) is 41.3 Å². The first kappa shape index (κ1) is 21.3. The van der Waals surface area contributed by atoms with Crippen molar-refractivity contribution in [3.05, 3.63) is 80.9 Å². The van der Waals surface area contributed by atoms with Crippen molar-refractivity contribution >= 4 is 51.5 Å². The number of para-hydroxylation sites is 1. The fourth-order valence-corrected chi connectivity index (χ4v) is 4.24. The maximum absolute atomic E-state index is 12.6. The number of carbonyl (C=O) groups excluding carboxylic acids is 3. The van der Waals surface area contributed by atoms with Crippen molar-refractivity contribution in [1.29, 1.82) is 0 Å². The molecular formula is C22H17N3O6S. The molecule has 0 spiro atoms. The van der Waals surface area contributed by atoms with E-state index in [9.17, 15) is 24.5 Å². The topological polar surface area (TPSA) is 112 Å². The molecule has 0 unspecified atom stereocenters. The van der Waals surface area contributed by atoms with Gasteiger partial charge in [0.25, 0.3) is 16.8 Å². The molecule has 0 bridgehead atoms. The van der Waals surface area contributed by atoms with E-state index in [2.05, 4.69) is 4.74 Å². The van der Waals surface area contributed by atoms with Crippen molar-refractivity contribution in [1.82, 2.24) is 9.47 Å². The van der Waals surface area contributed by atoms with Crippen LogP contribution in [0.15, 0.2) is 59.6 Å². The number of hydrogen-bond donors (Lipinski definition) is 0. The number of nitro benzene ring substituents is 1. The molecule has 0 atom stereocenters. The molecule has 0 aliphatic carbocycles. The molecule has 2 amide bonds. The molecule has 1 aliphatic heterocycles. The predicted octanol–water partition coefficient (Wildman–Crippen LogP) is 3.81. The average molecular weight is 451 g/mol. The quantitative estimate of drug-likeness (QED) is 0.242. The molecule has 1 aliphatic rings. The van der Waals surface area contributed by atoms with Crippen LogP contribution in [0.5, 0.6) is 0 Å². The van der Waals surface area contributed by atoms with Gasteiger partial charge in [0.05, 0.1) is 16.9 Å². The van der Waals surface area contributed by atoms with E-state index in [1.165, 1.54) is 19.2 Å². The van der Waals surface area contributed by atoms with Gasteiger partial charge in [0.1, 0.15) is 6.54 Å². The molecule has 2 aromatic carbocycles. The highest BCUT2D eigenvalue weighted by molar-refractivity contribution is 8.18. The number of hydrogen-bond acceptors (Lipinski definition) is 7. The number of thioether (sulfide) groups is 1. The van der Waals surface area contributed by atoms with Gasteiger partial charge in [-0.2, -0.15) is 0 Å². The highest BCUT2D eigenvalue weighted by Gasteiger charge is 2.36. The highest BCUT2D eigenvalue weighted by atomic mass is 32.2. The van der Waals surface area contributed by atoms with E-state index in [1.807, 2.05) is 35.0 Å². The van der Waals surface area contributed by atoms with Gasteiger partial charge in [-0.1, -0.05) is 30.3 Å². The van der Waals surface area contributed by atoms with Gasteiger partial charge in [-0.25, -0.2) is 0 Å². The number of nitrogens with zero attached hydrogens (tertiary/aromatic N) is 3. The van der Waals surface area contributed by atoms with Crippen LogP contribution in [0.1, 0.15) is 11.1 Å². The Morgan fingerprint density at radius 2 is 1.88 bits per heavy atom. The van der Waals surface area contributed by atoms with E-state index < -0.39 is 28.6 Å². The molecule has 2 heterocycles. The van der Waals surface area contributed by atoms with Crippen molar-refractivity contribution in [2.24, 2.45) is 0 Å². The van der Waals surface area contributed by atoms with Crippen LogP contribution in [0.3, 0.4) is 0 Å². The largest absolute Gasteiger partial charge is 0.468 e. The van der Waals surface area contributed by atoms with Crippen LogP contribution in [0.2, 0.25) is 0 Å². The molecular weight excluding hydrogens is 434 g/mol. The number of ether oxygens (including phenoxy) is 1. The molecule has 162 valence electrons. The second kappa shape index (κ2) is 8.67. The summed E-state index contributed by atoms with van der Waals surface area (Å²) in [6, 6.07) is 13.9. The van der Waals surface area contributed by atoms with Crippen LogP contribution in [0, 0.1) is 10.1 Å². The Labute approximate surface area is 186 Å². The number of rotatable bonds is 6. The van der Waals surface area contributed by atoms with Crippen molar-refractivity contribution in [2.45, 2.75) is 6.54 Å². The number of nitro groups is 1. The van der Waals surface area contributed by atoms with Gasteiger partial charge in [-0.05, 0) is 29.5 Å². The Morgan fingerprint density at radius 1 is 1.16 bits per heavy atom. The van der Waals surface area contributed by atoms with Gasteiger partial charge in [-0.15, -0.1) is 0 Å². The number of methoxy groups -OCH3 is 1. The van der Waals surface area contributed by atoms with Gasteiger partial charge in [0.2, 0.25) is 0 Å². The number of non-ortho nitro benzene ring substituents is 1. The van der Waals surface area contributed by atoms with E-state index in [1.54, 1.807) is 18.2 Å². The third-order valence-corrected chi connectivity index (χ3v) is 5.90. The van der Waals surface area contributed by atoms with E-state index in [0.29, 0.717) is 6.54 Å². The van der Waals surface area contributed by atoms with Crippen molar-refractivity contribution < 1.29 is 24.0 Å². The lowest BCUT2D eigenvalue weighted by molar-refractivity contribution is -0.384. The second-order valence-electron chi connectivity index (χ2n) is 7.00. The minimum absolute atomic E-state index is 0.0227. The summed E-state index contributed by atoms with van der Waals surface area (Å²) >= 11 is 0.773. The Hall–Kier alpha value is -3.92. The first-order chi connectivity index (χ1) is 15.4. The standard InChI is InChI=1S/C22H17N3O6S/c1-31-20(26)13-24-21(27)19(32-22(24)28)10-15-12-23(18-5-3-2-4-17(15)18)11-14-6-8-16(9-7-14)25(29)30/h2-10,12H,11,13H2,1H3/b19-10-. The fourth-order valence-electron chi connectivity index (χ4n) is 3.41. The molecule has 3 aromatic rings. The van der Waals surface area contributed by atoms with E-state index in [-0.39, 0.29) is 10.6 Å². The minimum Gasteiger partial charge on any atom is -0.468 e. The number of esters is 1. The predicted molar refractivity (Wildman–Crippen MR) is 119 cm³/mol. The third kappa shape index (κ3) is 4.12. The van der Waals surface area contributed by atoms with E-state index in [4.69, 9.17) is 0 Å². The third-order valence-electron chi connectivity index (χ3n) is 4.99. The van der Waals surface area contributed by atoms with E-state index in [0.717, 1.165) is 38.7 Å². The monoisotopic (exact) mass is 451 g/mol. The normalized spacial score (nSPS) is 15.0. The van der Waals surface area contributed by atoms with Crippen LogP contribution in [0.25, 0.3) is 17.0 Å². The molecule has 32 heavy (non-hydrogen) atoms. The molecule has 0 radical (unpaired) electrons. The van der Waals surface area contributed by atoms with Crippen LogP contribution < -0.4 is 0 Å². The summed E-state index contributed by atoms with van der Waals surface area (Å²) in [5.41, 5.74) is 2.55. The van der Waals surface area contributed by atoms with Crippen molar-refractivity contribution in [3.8, 4) is 0 Å². The van der Waals surface area contributed by atoms with Gasteiger partial charge < -0.3 is 9.30 Å². The Bertz CT molecular complexity index is 1280. The summed E-state index contributed by atoms with van der Waals surface area (Å²) in [5, 5.41) is 11.2. The van der Waals surface area contributed by atoms with Crippen molar-refractivity contribution in [3.63, 3.8) is 0 Å². The number of amides is 2. The Morgan fingerprint density at radius 3 is 2.56 bits per heavy atom. The number of benzene rings is 2. The summed E-state index contributed by atoms with van der Waals surface area (Å²) in [7, 11) is 1.19. The highest BCUT2D eigenvalue weighted by Crippen LogP contribution is 2.34. The van der Waals surface area contributed by atoms with Crippen molar-refractivity contribution in [2.75, 3.05) is 13.7 Å². The first-order valence-electron chi connectivity index (χ1n) is 9.51. The number of fused-ring (bicyclic) bond motifs is 1. The lowest BCUT2D eigenvalue weighted by Crippen LogP contribution is -2.34. The molecule has 1 aromatic heterocycles. The zero-order chi connectivity index (χ0) is 22.8. The summed E-state index contributed by atoms with van der Waals surface area (Å²) in [6.07, 6.45) is 3.50. The Balaban J connectivity index is 1.66. The smallest absolute Gasteiger partial charge is 0.325 e. The molecule has 0 saturated carbocycles. The van der Waals surface area contributed by atoms with Gasteiger partial charge in [0.15, 0.2) is 0 Å². The molecule has 1 saturated heterocycles. The summed E-state index contributed by atoms with van der Waals surface area (Å²) in [6.45, 7) is 0.0383. The summed E-state index contributed by atoms with van der Waals surface area (Å²) < 4.78 is 6.52. The second-order valence-corrected chi connectivity index (χ2v) is 7.99. The number of imide groups is 1. The summed E-state index contributed by atoms with van der Waals surface area (Å²) in [5.74, 6) is -1.22. The SMILES string of the molecule is COC(=O)CN1C(=O)S/C(=C\c2cn(Cc3ccc([N+](=O)[O-])cc3)c3ccccc23)C1=O.